The van der Waals surface area contributed by atoms with Gasteiger partial charge in [-0.2, -0.15) is 13.2 Å². The van der Waals surface area contributed by atoms with Crippen LogP contribution in [0.25, 0.3) is 0 Å². The number of aliphatic hydroxyl groups is 1. The summed E-state index contributed by atoms with van der Waals surface area (Å²) in [6.07, 6.45) is -2.06. The van der Waals surface area contributed by atoms with Gasteiger partial charge in [-0.3, -0.25) is 9.59 Å². The molecule has 3 atom stereocenters. The molecule has 2 amide bonds. The molecule has 1 saturated heterocycles. The van der Waals surface area contributed by atoms with Gasteiger partial charge in [0.15, 0.2) is 0 Å². The average Bonchev–Trinajstić information content (AvgIpc) is 3.67. The van der Waals surface area contributed by atoms with Gasteiger partial charge < -0.3 is 20.1 Å². The minimum Gasteiger partial charge on any atom is -0.494 e. The van der Waals surface area contributed by atoms with Crippen LogP contribution in [-0.4, -0.2) is 54.7 Å². The minimum atomic E-state index is -5.13. The lowest BCUT2D eigenvalue weighted by molar-refractivity contribution is -0.262. The van der Waals surface area contributed by atoms with E-state index in [0.717, 1.165) is 29.9 Å². The van der Waals surface area contributed by atoms with Crippen LogP contribution in [-0.2, 0) is 10.4 Å². The predicted octanol–water partition coefficient (Wildman–Crippen LogP) is 4.79. The smallest absolute Gasteiger partial charge is 0.430 e. The maximum Gasteiger partial charge on any atom is 0.430 e. The van der Waals surface area contributed by atoms with E-state index in [4.69, 9.17) is 16.3 Å². The molecule has 37 heavy (non-hydrogen) atoms. The maximum absolute atomic E-state index is 13.9. The molecule has 2 aromatic carbocycles. The number of hydrogen-bond acceptors (Lipinski definition) is 4. The molecule has 2 aromatic rings. The van der Waals surface area contributed by atoms with Crippen LogP contribution in [0, 0.1) is 17.8 Å². The van der Waals surface area contributed by atoms with Gasteiger partial charge in [0.25, 0.3) is 17.4 Å². The highest BCUT2D eigenvalue weighted by atomic mass is 35.5. The van der Waals surface area contributed by atoms with Crippen molar-refractivity contribution in [3.8, 4) is 5.75 Å². The van der Waals surface area contributed by atoms with E-state index < -0.39 is 23.2 Å². The summed E-state index contributed by atoms with van der Waals surface area (Å²) in [4.78, 5) is 25.8. The number of piperidine rings is 1. The van der Waals surface area contributed by atoms with E-state index in [-0.39, 0.29) is 19.0 Å². The molecule has 0 aromatic heterocycles. The van der Waals surface area contributed by atoms with Gasteiger partial charge in [0.1, 0.15) is 5.75 Å². The Morgan fingerprint density at radius 2 is 1.81 bits per heavy atom. The first-order chi connectivity index (χ1) is 17.6. The van der Waals surface area contributed by atoms with Crippen LogP contribution < -0.4 is 10.1 Å². The van der Waals surface area contributed by atoms with Crippen LogP contribution in [0.4, 0.5) is 13.2 Å². The zero-order valence-corrected chi connectivity index (χ0v) is 21.2. The summed E-state index contributed by atoms with van der Waals surface area (Å²) in [5.74, 6) is 0.239. The lowest BCUT2D eigenvalue weighted by atomic mass is 9.87. The third-order valence-electron chi connectivity index (χ3n) is 7.49. The molecule has 6 nitrogen and oxygen atoms in total. The van der Waals surface area contributed by atoms with Gasteiger partial charge in [-0.15, -0.1) is 0 Å². The fourth-order valence-electron chi connectivity index (χ4n) is 5.26. The van der Waals surface area contributed by atoms with Crippen molar-refractivity contribution in [1.82, 2.24) is 10.2 Å². The molecule has 0 bridgehead atoms. The fraction of sp³-hybridized carbons (Fsp3) is 0.481. The van der Waals surface area contributed by atoms with Crippen LogP contribution >= 0.6 is 11.6 Å². The summed E-state index contributed by atoms with van der Waals surface area (Å²) in [5.41, 5.74) is -3.65. The van der Waals surface area contributed by atoms with Gasteiger partial charge in [-0.1, -0.05) is 41.9 Å². The molecule has 0 spiro atoms. The van der Waals surface area contributed by atoms with Crippen molar-refractivity contribution in [3.63, 3.8) is 0 Å². The number of nitrogens with zero attached hydrogens (tertiary/aromatic N) is 1. The zero-order chi connectivity index (χ0) is 26.8. The molecule has 200 valence electrons. The van der Waals surface area contributed by atoms with Crippen molar-refractivity contribution < 1.29 is 32.6 Å². The molecule has 2 unspecified atom stereocenters. The van der Waals surface area contributed by atoms with E-state index in [1.165, 1.54) is 25.2 Å². The van der Waals surface area contributed by atoms with Crippen molar-refractivity contribution in [2.24, 2.45) is 17.8 Å². The van der Waals surface area contributed by atoms with Gasteiger partial charge in [-0.05, 0) is 61.6 Å². The summed E-state index contributed by atoms with van der Waals surface area (Å²) < 4.78 is 47.4. The molecule has 2 aliphatic rings. The monoisotopic (exact) mass is 538 g/mol. The molecule has 1 aliphatic carbocycles. The van der Waals surface area contributed by atoms with Crippen LogP contribution in [0.3, 0.4) is 0 Å². The van der Waals surface area contributed by atoms with Crippen molar-refractivity contribution >= 4 is 23.4 Å². The van der Waals surface area contributed by atoms with E-state index in [1.54, 1.807) is 18.2 Å². The number of carbonyl (C=O) groups is 2. The number of halogens is 4. The summed E-state index contributed by atoms with van der Waals surface area (Å²) in [6, 6.07) is 11.5. The van der Waals surface area contributed by atoms with Crippen LogP contribution in [0.2, 0.25) is 5.02 Å². The number of ether oxygens (including phenoxy) is 1. The number of benzene rings is 2. The van der Waals surface area contributed by atoms with E-state index in [2.05, 4.69) is 5.32 Å². The largest absolute Gasteiger partial charge is 0.494 e. The summed E-state index contributed by atoms with van der Waals surface area (Å²) >= 11 is 6.16. The van der Waals surface area contributed by atoms with E-state index >= 15 is 0 Å². The highest BCUT2D eigenvalue weighted by Crippen LogP contribution is 2.50. The van der Waals surface area contributed by atoms with Gasteiger partial charge in [0, 0.05) is 25.7 Å². The lowest BCUT2D eigenvalue weighted by Gasteiger charge is -2.38. The first-order valence-electron chi connectivity index (χ1n) is 12.3. The molecular weight excluding hydrogens is 509 g/mol. The standard InChI is InChI=1S/C27H30ClF3N2O4/c1-32-24(34)21-8-7-20(16-23(21)28)37-14-11-18-15-22(18)17-9-12-33(13-10-17)25(35)26(36,27(29,30)31)19-5-3-2-4-6-19/h2-8,16-18,22,36H,9-15H2,1H3,(H,32,34)/t18?,22-,26?/m1/s1. The second kappa shape index (κ2) is 10.9. The van der Waals surface area contributed by atoms with E-state index in [9.17, 15) is 27.9 Å². The van der Waals surface area contributed by atoms with Gasteiger partial charge in [0.05, 0.1) is 17.2 Å². The summed E-state index contributed by atoms with van der Waals surface area (Å²) in [5, 5.41) is 13.4. The van der Waals surface area contributed by atoms with E-state index in [1.807, 2.05) is 0 Å². The Balaban J connectivity index is 1.26. The van der Waals surface area contributed by atoms with Gasteiger partial charge in [-0.25, -0.2) is 0 Å². The lowest BCUT2D eigenvalue weighted by Crippen LogP contribution is -2.57. The SMILES string of the molecule is CNC(=O)c1ccc(OCCC2C[C@@H]2C2CCN(C(=O)C(O)(c3ccccc3)C(F)(F)F)CC2)cc1Cl. The number of carbonyl (C=O) groups excluding carboxylic acids is 2. The van der Waals surface area contributed by atoms with Crippen molar-refractivity contribution in [3.05, 3.63) is 64.7 Å². The Morgan fingerprint density at radius 3 is 2.41 bits per heavy atom. The number of amides is 2. The zero-order valence-electron chi connectivity index (χ0n) is 20.4. The molecule has 1 heterocycles. The fourth-order valence-corrected chi connectivity index (χ4v) is 5.52. The van der Waals surface area contributed by atoms with Crippen molar-refractivity contribution in [2.45, 2.75) is 37.5 Å². The summed E-state index contributed by atoms with van der Waals surface area (Å²) in [6.45, 7) is 0.860. The topological polar surface area (TPSA) is 78.9 Å². The van der Waals surface area contributed by atoms with Crippen LogP contribution in [0.5, 0.6) is 5.75 Å². The molecule has 0 radical (unpaired) electrons. The number of rotatable bonds is 8. The third kappa shape index (κ3) is 5.72. The molecule has 10 heteroatoms. The maximum atomic E-state index is 13.9. The molecule has 1 aliphatic heterocycles. The third-order valence-corrected chi connectivity index (χ3v) is 7.80. The normalized spacial score (nSPS) is 21.7. The first-order valence-corrected chi connectivity index (χ1v) is 12.7. The highest BCUT2D eigenvalue weighted by molar-refractivity contribution is 6.34. The quantitative estimate of drug-likeness (QED) is 0.506. The van der Waals surface area contributed by atoms with Gasteiger partial charge >= 0.3 is 6.18 Å². The van der Waals surface area contributed by atoms with Crippen LogP contribution in [0.1, 0.15) is 41.6 Å². The molecule has 2 N–H and O–H groups in total. The number of alkyl halides is 3. The minimum absolute atomic E-state index is 0.185. The Bertz CT molecular complexity index is 1120. The molecule has 4 rings (SSSR count). The molecule has 1 saturated carbocycles. The second-order valence-corrected chi connectivity index (χ2v) is 10.1. The van der Waals surface area contributed by atoms with Crippen molar-refractivity contribution in [1.29, 1.82) is 0 Å². The van der Waals surface area contributed by atoms with Crippen LogP contribution in [0.15, 0.2) is 48.5 Å². The predicted molar refractivity (Wildman–Crippen MR) is 132 cm³/mol. The number of nitrogens with one attached hydrogen (secondary N) is 1. The average molecular weight is 539 g/mol. The Kier molecular flexibility index (Phi) is 8.04. The number of likely N-dealkylation sites (tertiary alicyclic amines) is 1. The second-order valence-electron chi connectivity index (χ2n) is 9.72. The highest BCUT2D eigenvalue weighted by Gasteiger charge is 2.62. The van der Waals surface area contributed by atoms with Crippen molar-refractivity contribution in [2.75, 3.05) is 26.7 Å². The summed E-state index contributed by atoms with van der Waals surface area (Å²) in [7, 11) is 1.53. The Labute approximate surface area is 218 Å². The van der Waals surface area contributed by atoms with Gasteiger partial charge in [0.2, 0.25) is 0 Å². The number of hydrogen-bond donors (Lipinski definition) is 2. The van der Waals surface area contributed by atoms with E-state index in [0.29, 0.717) is 53.5 Å². The molecular formula is C27H30ClF3N2O4. The Hall–Kier alpha value is -2.78. The first kappa shape index (κ1) is 27.3. The molecule has 2 fully saturated rings. The Morgan fingerprint density at radius 1 is 1.14 bits per heavy atom.